The van der Waals surface area contributed by atoms with Crippen molar-refractivity contribution in [1.82, 2.24) is 10.3 Å². The van der Waals surface area contributed by atoms with Gasteiger partial charge in [0.05, 0.1) is 13.7 Å². The number of hydrogen-bond donors (Lipinski definition) is 1. The highest BCUT2D eigenvalue weighted by molar-refractivity contribution is 9.10. The Balaban J connectivity index is 1.80. The number of esters is 1. The molecule has 0 aromatic carbocycles. The smallest absolute Gasteiger partial charge is 0.322 e. The molecule has 0 aliphatic carbocycles. The number of pyridine rings is 1. The summed E-state index contributed by atoms with van der Waals surface area (Å²) in [5, 5.41) is 3.13. The average Bonchev–Trinajstić information content (AvgIpc) is 2.84. The highest BCUT2D eigenvalue weighted by atomic mass is 79.9. The molecule has 6 heteroatoms. The Hall–Kier alpha value is -1.14. The van der Waals surface area contributed by atoms with Crippen molar-refractivity contribution in [2.24, 2.45) is 5.92 Å². The maximum absolute atomic E-state index is 11.3. The zero-order valence-corrected chi connectivity index (χ0v) is 11.6. The van der Waals surface area contributed by atoms with Crippen LogP contribution in [0.25, 0.3) is 0 Å². The predicted molar refractivity (Wildman–Crippen MR) is 69.3 cm³/mol. The molecule has 1 aromatic rings. The van der Waals surface area contributed by atoms with Crippen molar-refractivity contribution in [1.29, 1.82) is 0 Å². The molecular weight excluding hydrogens is 300 g/mol. The summed E-state index contributed by atoms with van der Waals surface area (Å²) in [6.07, 6.45) is 2.43. The van der Waals surface area contributed by atoms with Gasteiger partial charge in [0.25, 0.3) is 0 Å². The van der Waals surface area contributed by atoms with Crippen LogP contribution in [0.15, 0.2) is 22.9 Å². The van der Waals surface area contributed by atoms with Crippen LogP contribution in [0.4, 0.5) is 0 Å². The summed E-state index contributed by atoms with van der Waals surface area (Å²) in [5.41, 5.74) is 0. The van der Waals surface area contributed by atoms with Gasteiger partial charge in [0.2, 0.25) is 0 Å². The molecule has 0 spiro atoms. The van der Waals surface area contributed by atoms with Crippen molar-refractivity contribution < 1.29 is 14.3 Å². The van der Waals surface area contributed by atoms with E-state index in [9.17, 15) is 4.79 Å². The molecule has 0 saturated carbocycles. The molecule has 98 valence electrons. The van der Waals surface area contributed by atoms with E-state index in [0.29, 0.717) is 12.5 Å². The van der Waals surface area contributed by atoms with Crippen LogP contribution in [0, 0.1) is 5.92 Å². The molecule has 1 aliphatic heterocycles. The molecule has 1 aliphatic rings. The second-order valence-electron chi connectivity index (χ2n) is 4.21. The molecule has 0 unspecified atom stereocenters. The van der Waals surface area contributed by atoms with Crippen molar-refractivity contribution >= 4 is 21.9 Å². The molecule has 0 bridgehead atoms. The quantitative estimate of drug-likeness (QED) is 0.672. The summed E-state index contributed by atoms with van der Waals surface area (Å²) in [7, 11) is 1.41. The molecule has 1 saturated heterocycles. The lowest BCUT2D eigenvalue weighted by atomic mass is 10.1. The number of aromatic nitrogens is 1. The molecular formula is C12H15BrN2O3. The summed E-state index contributed by atoms with van der Waals surface area (Å²) in [5.74, 6) is 0.892. The molecule has 5 nitrogen and oxygen atoms in total. The van der Waals surface area contributed by atoms with Crippen LogP contribution >= 0.6 is 15.9 Å². The fourth-order valence-electron chi connectivity index (χ4n) is 1.95. The van der Waals surface area contributed by atoms with Gasteiger partial charge in [0, 0.05) is 24.7 Å². The molecule has 2 atom stereocenters. The van der Waals surface area contributed by atoms with Gasteiger partial charge in [-0.3, -0.25) is 4.79 Å². The van der Waals surface area contributed by atoms with Crippen LogP contribution in [-0.4, -0.2) is 37.3 Å². The first-order chi connectivity index (χ1) is 8.69. The lowest BCUT2D eigenvalue weighted by Crippen LogP contribution is -2.31. The van der Waals surface area contributed by atoms with Crippen molar-refractivity contribution in [3.63, 3.8) is 0 Å². The first-order valence-corrected chi connectivity index (χ1v) is 6.54. The second kappa shape index (κ2) is 6.15. The number of nitrogens with zero attached hydrogens (tertiary/aromatic N) is 1. The summed E-state index contributed by atoms with van der Waals surface area (Å²) in [6, 6.07) is 3.43. The lowest BCUT2D eigenvalue weighted by molar-refractivity contribution is -0.142. The highest BCUT2D eigenvalue weighted by Gasteiger charge is 2.30. The van der Waals surface area contributed by atoms with Gasteiger partial charge in [0.15, 0.2) is 0 Å². The maximum Gasteiger partial charge on any atom is 0.322 e. The fourth-order valence-corrected chi connectivity index (χ4v) is 2.29. The number of methoxy groups -OCH3 is 1. The van der Waals surface area contributed by atoms with Gasteiger partial charge in [-0.15, -0.1) is 0 Å². The van der Waals surface area contributed by atoms with E-state index >= 15 is 0 Å². The largest absolute Gasteiger partial charge is 0.493 e. The Morgan fingerprint density at radius 2 is 2.50 bits per heavy atom. The zero-order valence-electron chi connectivity index (χ0n) is 10.1. The third-order valence-corrected chi connectivity index (χ3v) is 3.33. The first-order valence-electron chi connectivity index (χ1n) is 5.74. The third kappa shape index (κ3) is 3.43. The molecule has 18 heavy (non-hydrogen) atoms. The van der Waals surface area contributed by atoms with Gasteiger partial charge in [-0.05, 0) is 28.4 Å². The molecule has 2 heterocycles. The van der Waals surface area contributed by atoms with Crippen molar-refractivity contribution in [2.75, 3.05) is 20.3 Å². The molecule has 1 fully saturated rings. The second-order valence-corrected chi connectivity index (χ2v) is 5.02. The molecule has 1 N–H and O–H groups in total. The van der Waals surface area contributed by atoms with E-state index in [0.717, 1.165) is 23.3 Å². The van der Waals surface area contributed by atoms with Crippen molar-refractivity contribution in [2.45, 2.75) is 12.5 Å². The monoisotopic (exact) mass is 314 g/mol. The van der Waals surface area contributed by atoms with E-state index in [1.54, 1.807) is 6.20 Å². The van der Waals surface area contributed by atoms with Gasteiger partial charge in [-0.2, -0.15) is 0 Å². The Labute approximate surface area is 114 Å². The van der Waals surface area contributed by atoms with Gasteiger partial charge in [-0.25, -0.2) is 4.98 Å². The first kappa shape index (κ1) is 13.3. The number of ether oxygens (including phenoxy) is 2. The number of carbonyl (C=O) groups is 1. The standard InChI is InChI=1S/C12H15BrN2O3/c1-17-12(16)10-4-8(6-15-10)7-18-9-2-3-14-11(13)5-9/h2-3,5,8,10,15H,4,6-7H2,1H3/t8-,10+/m1/s1. The summed E-state index contributed by atoms with van der Waals surface area (Å²) in [4.78, 5) is 15.4. The molecule has 1 aromatic heterocycles. The topological polar surface area (TPSA) is 60.5 Å². The number of rotatable bonds is 4. The summed E-state index contributed by atoms with van der Waals surface area (Å²) >= 11 is 3.29. The molecule has 2 rings (SSSR count). The van der Waals surface area contributed by atoms with Crippen molar-refractivity contribution in [3.8, 4) is 5.75 Å². The fraction of sp³-hybridized carbons (Fsp3) is 0.500. The van der Waals surface area contributed by atoms with E-state index in [2.05, 4.69) is 26.2 Å². The Morgan fingerprint density at radius 1 is 1.67 bits per heavy atom. The Morgan fingerprint density at radius 3 is 3.22 bits per heavy atom. The van der Waals surface area contributed by atoms with E-state index < -0.39 is 0 Å². The summed E-state index contributed by atoms with van der Waals surface area (Å²) in [6.45, 7) is 1.35. The highest BCUT2D eigenvalue weighted by Crippen LogP contribution is 2.19. The minimum Gasteiger partial charge on any atom is -0.493 e. The summed E-state index contributed by atoms with van der Waals surface area (Å²) < 4.78 is 11.1. The van der Waals surface area contributed by atoms with Crippen LogP contribution in [0.2, 0.25) is 0 Å². The van der Waals surface area contributed by atoms with E-state index in [1.807, 2.05) is 12.1 Å². The minimum absolute atomic E-state index is 0.201. The Kier molecular flexibility index (Phi) is 4.54. The normalized spacial score (nSPS) is 22.8. The van der Waals surface area contributed by atoms with E-state index in [1.165, 1.54) is 7.11 Å². The van der Waals surface area contributed by atoms with E-state index in [4.69, 9.17) is 9.47 Å². The van der Waals surface area contributed by atoms with Gasteiger partial charge in [-0.1, -0.05) is 0 Å². The number of carbonyl (C=O) groups excluding carboxylic acids is 1. The van der Waals surface area contributed by atoms with Crippen LogP contribution in [0.1, 0.15) is 6.42 Å². The van der Waals surface area contributed by atoms with Crippen molar-refractivity contribution in [3.05, 3.63) is 22.9 Å². The third-order valence-electron chi connectivity index (χ3n) is 2.89. The van der Waals surface area contributed by atoms with Gasteiger partial charge < -0.3 is 14.8 Å². The number of hydrogen-bond acceptors (Lipinski definition) is 5. The van der Waals surface area contributed by atoms with Crippen LogP contribution in [0.3, 0.4) is 0 Å². The van der Waals surface area contributed by atoms with Crippen LogP contribution in [-0.2, 0) is 9.53 Å². The van der Waals surface area contributed by atoms with Gasteiger partial charge >= 0.3 is 5.97 Å². The van der Waals surface area contributed by atoms with Gasteiger partial charge in [0.1, 0.15) is 16.4 Å². The molecule has 0 radical (unpaired) electrons. The number of nitrogens with one attached hydrogen (secondary N) is 1. The Bertz CT molecular complexity index is 428. The SMILES string of the molecule is COC(=O)[C@@H]1C[C@@H](COc2ccnc(Br)c2)CN1. The lowest BCUT2D eigenvalue weighted by Gasteiger charge is -2.11. The zero-order chi connectivity index (χ0) is 13.0. The minimum atomic E-state index is -0.204. The molecule has 0 amide bonds. The predicted octanol–water partition coefficient (Wildman–Crippen LogP) is 1.37. The number of halogens is 1. The van der Waals surface area contributed by atoms with E-state index in [-0.39, 0.29) is 12.0 Å². The maximum atomic E-state index is 11.3. The van der Waals surface area contributed by atoms with Crippen LogP contribution < -0.4 is 10.1 Å². The average molecular weight is 315 g/mol. The van der Waals surface area contributed by atoms with Crippen LogP contribution in [0.5, 0.6) is 5.75 Å².